The number of amides is 1. The predicted octanol–water partition coefficient (Wildman–Crippen LogP) is 5.93. The Hall–Kier alpha value is -3.71. The Morgan fingerprint density at radius 3 is 2.60 bits per heavy atom. The number of aromatic nitrogens is 1. The highest BCUT2D eigenvalue weighted by molar-refractivity contribution is 6.34. The van der Waals surface area contributed by atoms with Crippen LogP contribution in [0.1, 0.15) is 21.5 Å². The fourth-order valence-corrected chi connectivity index (χ4v) is 3.29. The summed E-state index contributed by atoms with van der Waals surface area (Å²) in [6.45, 7) is 4.03. The molecule has 4 rings (SSSR count). The normalized spacial score (nSPS) is 10.9. The molecule has 7 nitrogen and oxygen atoms in total. The van der Waals surface area contributed by atoms with Gasteiger partial charge < -0.3 is 9.73 Å². The second-order valence-corrected chi connectivity index (χ2v) is 7.29. The summed E-state index contributed by atoms with van der Waals surface area (Å²) in [4.78, 5) is 27.4. The number of aryl methyl sites for hydroxylation is 2. The average molecular weight is 422 g/mol. The van der Waals surface area contributed by atoms with Crippen LogP contribution >= 0.6 is 11.6 Å². The summed E-state index contributed by atoms with van der Waals surface area (Å²) in [7, 11) is 0. The first-order valence-electron chi connectivity index (χ1n) is 9.05. The Morgan fingerprint density at radius 1 is 1.10 bits per heavy atom. The molecule has 30 heavy (non-hydrogen) atoms. The van der Waals surface area contributed by atoms with Crippen molar-refractivity contribution in [3.8, 4) is 11.5 Å². The summed E-state index contributed by atoms with van der Waals surface area (Å²) in [6.07, 6.45) is 0. The van der Waals surface area contributed by atoms with Gasteiger partial charge >= 0.3 is 0 Å². The minimum absolute atomic E-state index is 0.00236. The molecule has 0 aliphatic heterocycles. The third-order valence-corrected chi connectivity index (χ3v) is 5.09. The average Bonchev–Trinajstić information content (AvgIpc) is 3.11. The largest absolute Gasteiger partial charge is 0.436 e. The van der Waals surface area contributed by atoms with E-state index in [9.17, 15) is 14.9 Å². The van der Waals surface area contributed by atoms with Crippen molar-refractivity contribution in [1.29, 1.82) is 0 Å². The Balaban J connectivity index is 1.61. The highest BCUT2D eigenvalue weighted by atomic mass is 35.5. The van der Waals surface area contributed by atoms with Crippen LogP contribution in [0, 0.1) is 24.0 Å². The van der Waals surface area contributed by atoms with Crippen LogP contribution in [-0.4, -0.2) is 15.8 Å². The number of carbonyl (C=O) groups is 1. The summed E-state index contributed by atoms with van der Waals surface area (Å²) >= 11 is 6.04. The zero-order chi connectivity index (χ0) is 21.4. The molecule has 0 fully saturated rings. The second kappa shape index (κ2) is 7.61. The third kappa shape index (κ3) is 3.75. The van der Waals surface area contributed by atoms with E-state index in [1.54, 1.807) is 18.2 Å². The summed E-state index contributed by atoms with van der Waals surface area (Å²) < 4.78 is 5.88. The van der Waals surface area contributed by atoms with E-state index < -0.39 is 10.8 Å². The van der Waals surface area contributed by atoms with Crippen LogP contribution < -0.4 is 5.32 Å². The molecule has 1 heterocycles. The highest BCUT2D eigenvalue weighted by Crippen LogP contribution is 2.28. The predicted molar refractivity (Wildman–Crippen MR) is 115 cm³/mol. The van der Waals surface area contributed by atoms with Gasteiger partial charge in [0, 0.05) is 23.4 Å². The minimum atomic E-state index is -0.569. The van der Waals surface area contributed by atoms with Gasteiger partial charge in [-0.2, -0.15) is 0 Å². The lowest BCUT2D eigenvalue weighted by Crippen LogP contribution is -2.12. The van der Waals surface area contributed by atoms with Crippen LogP contribution in [0.3, 0.4) is 0 Å². The Morgan fingerprint density at radius 2 is 1.87 bits per heavy atom. The molecule has 0 aliphatic carbocycles. The van der Waals surface area contributed by atoms with Crippen molar-refractivity contribution < 1.29 is 14.1 Å². The molecule has 0 bridgehead atoms. The lowest BCUT2D eigenvalue weighted by Gasteiger charge is -2.07. The van der Waals surface area contributed by atoms with Gasteiger partial charge in [0.05, 0.1) is 15.5 Å². The molecule has 0 saturated heterocycles. The fourth-order valence-electron chi connectivity index (χ4n) is 3.03. The Bertz CT molecular complexity index is 1270. The Labute approximate surface area is 176 Å². The van der Waals surface area contributed by atoms with Gasteiger partial charge in [0.2, 0.25) is 5.89 Å². The number of fused-ring (bicyclic) bond motifs is 1. The summed E-state index contributed by atoms with van der Waals surface area (Å²) in [5.74, 6) is -0.0321. The molecule has 0 atom stereocenters. The second-order valence-electron chi connectivity index (χ2n) is 6.88. The molecular weight excluding hydrogens is 406 g/mol. The molecule has 4 aromatic rings. The molecule has 150 valence electrons. The molecule has 0 spiro atoms. The first kappa shape index (κ1) is 19.6. The number of nitrogens with zero attached hydrogens (tertiary/aromatic N) is 2. The van der Waals surface area contributed by atoms with E-state index in [-0.39, 0.29) is 16.3 Å². The molecule has 0 radical (unpaired) electrons. The number of hydrogen-bond acceptors (Lipinski definition) is 5. The number of nitrogens with one attached hydrogen (secondary N) is 1. The van der Waals surface area contributed by atoms with E-state index in [1.807, 2.05) is 32.0 Å². The molecule has 0 aliphatic rings. The molecule has 1 amide bonds. The van der Waals surface area contributed by atoms with Crippen LogP contribution in [0.4, 0.5) is 11.4 Å². The minimum Gasteiger partial charge on any atom is -0.436 e. The number of hydrogen-bond donors (Lipinski definition) is 1. The quantitative estimate of drug-likeness (QED) is 0.325. The topological polar surface area (TPSA) is 98.3 Å². The van der Waals surface area contributed by atoms with Crippen LogP contribution in [0.15, 0.2) is 59.0 Å². The van der Waals surface area contributed by atoms with E-state index in [0.717, 1.165) is 22.7 Å². The number of carbonyl (C=O) groups excluding carboxylic acids is 1. The molecule has 3 aromatic carbocycles. The lowest BCUT2D eigenvalue weighted by molar-refractivity contribution is -0.384. The van der Waals surface area contributed by atoms with Gasteiger partial charge in [-0.25, -0.2) is 4.98 Å². The smallest absolute Gasteiger partial charge is 0.270 e. The van der Waals surface area contributed by atoms with Crippen molar-refractivity contribution in [3.05, 3.63) is 86.4 Å². The number of anilines is 1. The summed E-state index contributed by atoms with van der Waals surface area (Å²) in [6, 6.07) is 14.7. The highest BCUT2D eigenvalue weighted by Gasteiger charge is 2.16. The van der Waals surface area contributed by atoms with Crippen molar-refractivity contribution >= 4 is 40.0 Å². The fraction of sp³-hybridized carbons (Fsp3) is 0.0909. The zero-order valence-corrected chi connectivity index (χ0v) is 16.9. The standard InChI is InChI=1S/C22H16ClN3O4/c1-12-8-19-20(9-13(12)2)30-22(25-19)14-4-3-5-15(10-14)24-21(27)17-7-6-16(26(28)29)11-18(17)23/h3-11H,1-2H3,(H,24,27). The van der Waals surface area contributed by atoms with Crippen molar-refractivity contribution in [1.82, 2.24) is 4.98 Å². The molecule has 1 aromatic heterocycles. The maximum absolute atomic E-state index is 12.6. The van der Waals surface area contributed by atoms with Crippen LogP contribution in [0.2, 0.25) is 5.02 Å². The van der Waals surface area contributed by atoms with Gasteiger partial charge in [0.15, 0.2) is 5.58 Å². The van der Waals surface area contributed by atoms with E-state index in [2.05, 4.69) is 10.3 Å². The maximum atomic E-state index is 12.6. The third-order valence-electron chi connectivity index (χ3n) is 4.78. The number of nitro groups is 1. The monoisotopic (exact) mass is 421 g/mol. The maximum Gasteiger partial charge on any atom is 0.270 e. The van der Waals surface area contributed by atoms with Gasteiger partial charge in [-0.15, -0.1) is 0 Å². The molecule has 8 heteroatoms. The van der Waals surface area contributed by atoms with Crippen LogP contribution in [-0.2, 0) is 0 Å². The van der Waals surface area contributed by atoms with Crippen molar-refractivity contribution in [2.45, 2.75) is 13.8 Å². The van der Waals surface area contributed by atoms with Crippen molar-refractivity contribution in [3.63, 3.8) is 0 Å². The van der Waals surface area contributed by atoms with E-state index in [1.165, 1.54) is 12.1 Å². The van der Waals surface area contributed by atoms with Gasteiger partial charge in [-0.1, -0.05) is 17.7 Å². The van der Waals surface area contributed by atoms with Gasteiger partial charge in [-0.3, -0.25) is 14.9 Å². The summed E-state index contributed by atoms with van der Waals surface area (Å²) in [5.41, 5.74) is 4.88. The number of oxazole rings is 1. The SMILES string of the molecule is Cc1cc2nc(-c3cccc(NC(=O)c4ccc([N+](=O)[O-])cc4Cl)c3)oc2cc1C. The van der Waals surface area contributed by atoms with Gasteiger partial charge in [0.25, 0.3) is 11.6 Å². The number of nitro benzene ring substituents is 1. The number of halogens is 1. The van der Waals surface area contributed by atoms with Gasteiger partial charge in [0.1, 0.15) is 5.52 Å². The van der Waals surface area contributed by atoms with Crippen molar-refractivity contribution in [2.24, 2.45) is 0 Å². The van der Waals surface area contributed by atoms with E-state index in [0.29, 0.717) is 22.7 Å². The van der Waals surface area contributed by atoms with Crippen LogP contribution in [0.5, 0.6) is 0 Å². The van der Waals surface area contributed by atoms with E-state index >= 15 is 0 Å². The number of non-ortho nitro benzene ring substituents is 1. The molecule has 0 saturated carbocycles. The number of rotatable bonds is 4. The summed E-state index contributed by atoms with van der Waals surface area (Å²) in [5, 5.41) is 13.6. The molecule has 1 N–H and O–H groups in total. The molecular formula is C22H16ClN3O4. The number of benzene rings is 3. The Kier molecular flexibility index (Phi) is 4.97. The van der Waals surface area contributed by atoms with E-state index in [4.69, 9.17) is 16.0 Å². The zero-order valence-electron chi connectivity index (χ0n) is 16.1. The van der Waals surface area contributed by atoms with Crippen LogP contribution in [0.25, 0.3) is 22.6 Å². The first-order valence-corrected chi connectivity index (χ1v) is 9.43. The van der Waals surface area contributed by atoms with Gasteiger partial charge in [-0.05, 0) is 61.4 Å². The first-order chi connectivity index (χ1) is 14.3. The molecule has 0 unspecified atom stereocenters. The lowest BCUT2D eigenvalue weighted by atomic mass is 10.1. The van der Waals surface area contributed by atoms with Crippen molar-refractivity contribution in [2.75, 3.05) is 5.32 Å².